The average Bonchev–Trinajstić information content (AvgIpc) is 2.79. The Labute approximate surface area is 168 Å². The fourth-order valence-electron chi connectivity index (χ4n) is 3.74. The van der Waals surface area contributed by atoms with Gasteiger partial charge in [0.25, 0.3) is 0 Å². The zero-order chi connectivity index (χ0) is 19.6. The van der Waals surface area contributed by atoms with Gasteiger partial charge in [-0.2, -0.15) is 0 Å². The van der Waals surface area contributed by atoms with Crippen LogP contribution in [-0.4, -0.2) is 15.1 Å². The van der Waals surface area contributed by atoms with Gasteiger partial charge in [-0.05, 0) is 23.8 Å². The van der Waals surface area contributed by atoms with E-state index in [1.807, 2.05) is 72.8 Å². The molecule has 2 heterocycles. The number of nitrogens with zero attached hydrogens (tertiary/aromatic N) is 2. The number of aromatic hydroxyl groups is 1. The SMILES string of the molecule is Oc1c([C@H](Nc2cccc3cccnc23)c2ccccc2)ccc2cccnc12. The van der Waals surface area contributed by atoms with Crippen LogP contribution in [0, 0.1) is 0 Å². The number of hydrogen-bond acceptors (Lipinski definition) is 4. The maximum atomic E-state index is 11.1. The predicted molar refractivity (Wildman–Crippen MR) is 117 cm³/mol. The molecule has 0 radical (unpaired) electrons. The lowest BCUT2D eigenvalue weighted by Gasteiger charge is -2.23. The van der Waals surface area contributed by atoms with E-state index in [4.69, 9.17) is 0 Å². The van der Waals surface area contributed by atoms with Gasteiger partial charge in [-0.1, -0.05) is 66.7 Å². The first-order chi connectivity index (χ1) is 14.3. The minimum absolute atomic E-state index is 0.192. The van der Waals surface area contributed by atoms with Crippen LogP contribution >= 0.6 is 0 Å². The second kappa shape index (κ2) is 7.24. The normalized spacial score (nSPS) is 12.1. The van der Waals surface area contributed by atoms with Crippen molar-refractivity contribution in [3.63, 3.8) is 0 Å². The number of anilines is 1. The van der Waals surface area contributed by atoms with Gasteiger partial charge in [0, 0.05) is 28.7 Å². The highest BCUT2D eigenvalue weighted by Crippen LogP contribution is 2.37. The van der Waals surface area contributed by atoms with E-state index in [0.717, 1.165) is 33.1 Å². The molecule has 0 saturated carbocycles. The van der Waals surface area contributed by atoms with E-state index >= 15 is 0 Å². The topological polar surface area (TPSA) is 58.0 Å². The van der Waals surface area contributed by atoms with Crippen LogP contribution in [0.15, 0.2) is 97.3 Å². The molecule has 0 aliphatic heterocycles. The monoisotopic (exact) mass is 377 g/mol. The number of pyridine rings is 2. The molecule has 0 unspecified atom stereocenters. The van der Waals surface area contributed by atoms with Crippen LogP contribution in [0.25, 0.3) is 21.8 Å². The molecule has 29 heavy (non-hydrogen) atoms. The average molecular weight is 377 g/mol. The van der Waals surface area contributed by atoms with Crippen LogP contribution in [-0.2, 0) is 0 Å². The van der Waals surface area contributed by atoms with E-state index in [0.29, 0.717) is 5.52 Å². The number of aromatic nitrogens is 2. The molecule has 0 bridgehead atoms. The minimum Gasteiger partial charge on any atom is -0.505 e. The predicted octanol–water partition coefficient (Wildman–Crippen LogP) is 5.69. The van der Waals surface area contributed by atoms with Gasteiger partial charge in [0.2, 0.25) is 0 Å². The molecule has 0 aliphatic rings. The third-order valence-electron chi connectivity index (χ3n) is 5.16. The standard InChI is InChI=1S/C25H19N3O/c29-25-20(14-13-19-11-6-16-27-24(19)25)22(17-7-2-1-3-8-17)28-21-12-4-9-18-10-5-15-26-23(18)21/h1-16,22,28-29H/t22-/m1/s1. The van der Waals surface area contributed by atoms with E-state index < -0.39 is 0 Å². The van der Waals surface area contributed by atoms with E-state index in [1.165, 1.54) is 0 Å². The summed E-state index contributed by atoms with van der Waals surface area (Å²) in [6.45, 7) is 0. The molecule has 3 aromatic carbocycles. The van der Waals surface area contributed by atoms with Crippen molar-refractivity contribution < 1.29 is 5.11 Å². The Morgan fingerprint density at radius 2 is 1.34 bits per heavy atom. The molecule has 140 valence electrons. The zero-order valence-corrected chi connectivity index (χ0v) is 15.7. The van der Waals surface area contributed by atoms with Crippen LogP contribution in [0.1, 0.15) is 17.2 Å². The summed E-state index contributed by atoms with van der Waals surface area (Å²) in [5, 5.41) is 16.6. The Morgan fingerprint density at radius 1 is 0.655 bits per heavy atom. The molecule has 0 fully saturated rings. The van der Waals surface area contributed by atoms with E-state index in [1.54, 1.807) is 12.4 Å². The fourth-order valence-corrected chi connectivity index (χ4v) is 3.74. The molecule has 2 N–H and O–H groups in total. The van der Waals surface area contributed by atoms with Crippen LogP contribution < -0.4 is 5.32 Å². The summed E-state index contributed by atoms with van der Waals surface area (Å²) in [6.07, 6.45) is 3.49. The first kappa shape index (κ1) is 17.2. The molecule has 4 nitrogen and oxygen atoms in total. The van der Waals surface area contributed by atoms with E-state index in [2.05, 4.69) is 27.4 Å². The number of nitrogens with one attached hydrogen (secondary N) is 1. The van der Waals surface area contributed by atoms with Crippen LogP contribution in [0.4, 0.5) is 5.69 Å². The maximum Gasteiger partial charge on any atom is 0.147 e. The van der Waals surface area contributed by atoms with Gasteiger partial charge in [0.05, 0.1) is 17.2 Å². The van der Waals surface area contributed by atoms with Gasteiger partial charge < -0.3 is 10.4 Å². The second-order valence-corrected chi connectivity index (χ2v) is 6.95. The lowest BCUT2D eigenvalue weighted by molar-refractivity contribution is 0.472. The molecular weight excluding hydrogens is 358 g/mol. The highest BCUT2D eigenvalue weighted by molar-refractivity contribution is 5.91. The van der Waals surface area contributed by atoms with Crippen molar-refractivity contribution in [1.82, 2.24) is 9.97 Å². The quantitative estimate of drug-likeness (QED) is 0.422. The molecule has 0 amide bonds. The second-order valence-electron chi connectivity index (χ2n) is 6.95. The Hall–Kier alpha value is -3.92. The van der Waals surface area contributed by atoms with Crippen molar-refractivity contribution in [2.75, 3.05) is 5.32 Å². The van der Waals surface area contributed by atoms with Crippen molar-refractivity contribution in [1.29, 1.82) is 0 Å². The van der Waals surface area contributed by atoms with E-state index in [-0.39, 0.29) is 11.8 Å². The highest BCUT2D eigenvalue weighted by atomic mass is 16.3. The summed E-state index contributed by atoms with van der Waals surface area (Å²) in [7, 11) is 0. The molecule has 4 heteroatoms. The van der Waals surface area contributed by atoms with Crippen LogP contribution in [0.3, 0.4) is 0 Å². The molecule has 0 saturated heterocycles. The number of benzene rings is 3. The number of para-hydroxylation sites is 1. The van der Waals surface area contributed by atoms with Crippen molar-refractivity contribution in [3.8, 4) is 5.75 Å². The molecular formula is C25H19N3O. The van der Waals surface area contributed by atoms with Gasteiger partial charge in [-0.3, -0.25) is 9.97 Å². The van der Waals surface area contributed by atoms with Crippen molar-refractivity contribution in [2.24, 2.45) is 0 Å². The van der Waals surface area contributed by atoms with Gasteiger partial charge in [-0.15, -0.1) is 0 Å². The lowest BCUT2D eigenvalue weighted by atomic mass is 9.96. The third-order valence-corrected chi connectivity index (χ3v) is 5.16. The lowest BCUT2D eigenvalue weighted by Crippen LogP contribution is -2.13. The summed E-state index contributed by atoms with van der Waals surface area (Å²) in [5.41, 5.74) is 4.23. The van der Waals surface area contributed by atoms with Gasteiger partial charge in [0.1, 0.15) is 11.3 Å². The van der Waals surface area contributed by atoms with Crippen molar-refractivity contribution >= 4 is 27.5 Å². The summed E-state index contributed by atoms with van der Waals surface area (Å²) < 4.78 is 0. The summed E-state index contributed by atoms with van der Waals surface area (Å²) in [5.74, 6) is 0.192. The molecule has 5 aromatic rings. The Morgan fingerprint density at radius 3 is 2.14 bits per heavy atom. The minimum atomic E-state index is -0.254. The molecule has 0 aliphatic carbocycles. The zero-order valence-electron chi connectivity index (χ0n) is 15.7. The third kappa shape index (κ3) is 3.15. The summed E-state index contributed by atoms with van der Waals surface area (Å²) in [6, 6.07) is 27.7. The fraction of sp³-hybridized carbons (Fsp3) is 0.0400. The molecule has 0 spiro atoms. The highest BCUT2D eigenvalue weighted by Gasteiger charge is 2.20. The molecule has 5 rings (SSSR count). The van der Waals surface area contributed by atoms with E-state index in [9.17, 15) is 5.11 Å². The number of hydrogen-bond donors (Lipinski definition) is 2. The molecule has 1 atom stereocenters. The van der Waals surface area contributed by atoms with Crippen LogP contribution in [0.2, 0.25) is 0 Å². The number of phenols is 1. The summed E-state index contributed by atoms with van der Waals surface area (Å²) >= 11 is 0. The van der Waals surface area contributed by atoms with Crippen LogP contribution in [0.5, 0.6) is 5.75 Å². The number of rotatable bonds is 4. The van der Waals surface area contributed by atoms with Gasteiger partial charge >= 0.3 is 0 Å². The maximum absolute atomic E-state index is 11.1. The largest absolute Gasteiger partial charge is 0.505 e. The Balaban J connectivity index is 1.68. The summed E-state index contributed by atoms with van der Waals surface area (Å²) in [4.78, 5) is 8.94. The van der Waals surface area contributed by atoms with Crippen molar-refractivity contribution in [2.45, 2.75) is 6.04 Å². The Bertz CT molecular complexity index is 1300. The smallest absolute Gasteiger partial charge is 0.147 e. The Kier molecular flexibility index (Phi) is 4.30. The first-order valence-corrected chi connectivity index (χ1v) is 9.53. The van der Waals surface area contributed by atoms with Gasteiger partial charge in [-0.25, -0.2) is 0 Å². The number of phenolic OH excluding ortho intramolecular Hbond substituents is 1. The molecule has 2 aromatic heterocycles. The van der Waals surface area contributed by atoms with Gasteiger partial charge in [0.15, 0.2) is 0 Å². The number of fused-ring (bicyclic) bond motifs is 2. The first-order valence-electron chi connectivity index (χ1n) is 9.53. The van der Waals surface area contributed by atoms with Crippen molar-refractivity contribution in [3.05, 3.63) is 108 Å².